The molecule has 0 aromatic carbocycles. The number of hydrogen-bond acceptors (Lipinski definition) is 3. The van der Waals surface area contributed by atoms with Gasteiger partial charge in [-0.15, -0.1) is 0 Å². The van der Waals surface area contributed by atoms with Crippen molar-refractivity contribution in [1.82, 2.24) is 9.97 Å². The zero-order chi connectivity index (χ0) is 13.4. The van der Waals surface area contributed by atoms with Crippen molar-refractivity contribution in [3.05, 3.63) is 23.8 Å². The van der Waals surface area contributed by atoms with Crippen molar-refractivity contribution in [1.29, 1.82) is 0 Å². The second-order valence-electron chi connectivity index (χ2n) is 4.98. The third kappa shape index (κ3) is 2.48. The number of aromatic nitrogens is 2. The van der Waals surface area contributed by atoms with Gasteiger partial charge < -0.3 is 5.73 Å². The number of rotatable bonds is 4. The van der Waals surface area contributed by atoms with Crippen LogP contribution in [0.1, 0.15) is 36.6 Å². The molecule has 0 saturated heterocycles. The summed E-state index contributed by atoms with van der Waals surface area (Å²) in [5.74, 6) is 0.279. The Morgan fingerprint density at radius 1 is 1.33 bits per heavy atom. The number of alkyl halides is 3. The normalized spacial score (nSPS) is 19.6. The van der Waals surface area contributed by atoms with Gasteiger partial charge in [-0.2, -0.15) is 13.2 Å². The van der Waals surface area contributed by atoms with Gasteiger partial charge in [0.1, 0.15) is 5.82 Å². The Balaban J connectivity index is 2.13. The molecule has 2 N–H and O–H groups in total. The lowest BCUT2D eigenvalue weighted by Gasteiger charge is -2.24. The average molecular weight is 259 g/mol. The molecule has 0 spiro atoms. The summed E-state index contributed by atoms with van der Waals surface area (Å²) < 4.78 is 38.7. The van der Waals surface area contributed by atoms with Gasteiger partial charge in [0.25, 0.3) is 0 Å². The van der Waals surface area contributed by atoms with E-state index in [1.165, 1.54) is 0 Å². The second-order valence-corrected chi connectivity index (χ2v) is 4.98. The SMILES string of the molecule is Cc1ncc(C(CN)CC2(C(F)(F)F)CC2)cn1. The molecule has 0 amide bonds. The van der Waals surface area contributed by atoms with Gasteiger partial charge in [-0.05, 0) is 38.3 Å². The van der Waals surface area contributed by atoms with Crippen molar-refractivity contribution in [2.75, 3.05) is 6.54 Å². The van der Waals surface area contributed by atoms with Gasteiger partial charge in [-0.1, -0.05) is 0 Å². The van der Waals surface area contributed by atoms with Gasteiger partial charge in [0.15, 0.2) is 0 Å². The number of halogens is 3. The van der Waals surface area contributed by atoms with E-state index in [0.717, 1.165) is 0 Å². The standard InChI is InChI=1S/C12H16F3N3/c1-8-17-6-10(7-18-8)9(5-16)4-11(2-3-11)12(13,14)15/h6-7,9H,2-5,16H2,1H3. The van der Waals surface area contributed by atoms with Crippen molar-refractivity contribution in [3.63, 3.8) is 0 Å². The fraction of sp³-hybridized carbons (Fsp3) is 0.667. The molecule has 2 rings (SSSR count). The van der Waals surface area contributed by atoms with Crippen molar-refractivity contribution >= 4 is 0 Å². The summed E-state index contributed by atoms with van der Waals surface area (Å²) in [5.41, 5.74) is 4.77. The van der Waals surface area contributed by atoms with Crippen molar-refractivity contribution in [2.45, 2.75) is 38.3 Å². The molecular formula is C12H16F3N3. The molecule has 1 aromatic rings. The van der Waals surface area contributed by atoms with Crippen molar-refractivity contribution in [3.8, 4) is 0 Å². The molecule has 0 aliphatic heterocycles. The lowest BCUT2D eigenvalue weighted by atomic mass is 9.87. The van der Waals surface area contributed by atoms with Crippen LogP contribution in [0.4, 0.5) is 13.2 Å². The Labute approximate surface area is 104 Å². The second kappa shape index (κ2) is 4.50. The third-order valence-corrected chi connectivity index (χ3v) is 3.65. The van der Waals surface area contributed by atoms with Gasteiger partial charge in [-0.3, -0.25) is 0 Å². The molecule has 6 heteroatoms. The first-order chi connectivity index (χ1) is 8.38. The van der Waals surface area contributed by atoms with E-state index >= 15 is 0 Å². The predicted molar refractivity (Wildman–Crippen MR) is 60.9 cm³/mol. The molecule has 1 aromatic heterocycles. The van der Waals surface area contributed by atoms with E-state index in [1.807, 2.05) is 0 Å². The molecule has 1 atom stereocenters. The van der Waals surface area contributed by atoms with Gasteiger partial charge in [-0.25, -0.2) is 9.97 Å². The van der Waals surface area contributed by atoms with E-state index in [-0.39, 0.29) is 31.7 Å². The van der Waals surface area contributed by atoms with E-state index in [4.69, 9.17) is 5.73 Å². The Bertz CT molecular complexity index is 410. The molecule has 1 fully saturated rings. The first-order valence-electron chi connectivity index (χ1n) is 5.93. The number of nitrogens with zero attached hydrogens (tertiary/aromatic N) is 2. The monoisotopic (exact) mass is 259 g/mol. The minimum atomic E-state index is -4.13. The summed E-state index contributed by atoms with van der Waals surface area (Å²) in [7, 11) is 0. The van der Waals surface area contributed by atoms with Crippen LogP contribution in [-0.2, 0) is 0 Å². The third-order valence-electron chi connectivity index (χ3n) is 3.65. The maximum atomic E-state index is 12.9. The van der Waals surface area contributed by atoms with Crippen LogP contribution in [-0.4, -0.2) is 22.7 Å². The number of nitrogens with two attached hydrogens (primary N) is 1. The van der Waals surface area contributed by atoms with Crippen LogP contribution in [0.25, 0.3) is 0 Å². The lowest BCUT2D eigenvalue weighted by molar-refractivity contribution is -0.190. The summed E-state index contributed by atoms with van der Waals surface area (Å²) in [5, 5.41) is 0. The molecule has 3 nitrogen and oxygen atoms in total. The topological polar surface area (TPSA) is 51.8 Å². The molecule has 1 unspecified atom stereocenters. The summed E-state index contributed by atoms with van der Waals surface area (Å²) in [6.07, 6.45) is -0.524. The van der Waals surface area contributed by atoms with Crippen LogP contribution >= 0.6 is 0 Å². The van der Waals surface area contributed by atoms with E-state index < -0.39 is 11.6 Å². The fourth-order valence-corrected chi connectivity index (χ4v) is 2.18. The smallest absolute Gasteiger partial charge is 0.330 e. The maximum Gasteiger partial charge on any atom is 0.394 e. The summed E-state index contributed by atoms with van der Waals surface area (Å²) >= 11 is 0. The quantitative estimate of drug-likeness (QED) is 0.904. The Morgan fingerprint density at radius 3 is 2.28 bits per heavy atom. The van der Waals surface area contributed by atoms with Gasteiger partial charge in [0.2, 0.25) is 0 Å². The van der Waals surface area contributed by atoms with Gasteiger partial charge >= 0.3 is 6.18 Å². The minimum absolute atomic E-state index is 0.0411. The van der Waals surface area contributed by atoms with Crippen LogP contribution in [0.3, 0.4) is 0 Å². The van der Waals surface area contributed by atoms with Crippen molar-refractivity contribution < 1.29 is 13.2 Å². The van der Waals surface area contributed by atoms with Crippen LogP contribution < -0.4 is 5.73 Å². The summed E-state index contributed by atoms with van der Waals surface area (Å²) in [6.45, 7) is 1.92. The molecule has 1 heterocycles. The van der Waals surface area contributed by atoms with Crippen LogP contribution in [0, 0.1) is 12.3 Å². The zero-order valence-corrected chi connectivity index (χ0v) is 10.2. The van der Waals surface area contributed by atoms with E-state index in [9.17, 15) is 13.2 Å². The van der Waals surface area contributed by atoms with E-state index in [0.29, 0.717) is 11.4 Å². The maximum absolute atomic E-state index is 12.9. The summed E-state index contributed by atoms with van der Waals surface area (Å²) in [4.78, 5) is 8.03. The highest BCUT2D eigenvalue weighted by Crippen LogP contribution is 2.61. The molecular weight excluding hydrogens is 243 g/mol. The lowest BCUT2D eigenvalue weighted by Crippen LogP contribution is -2.28. The van der Waals surface area contributed by atoms with Crippen LogP contribution in [0.2, 0.25) is 0 Å². The molecule has 18 heavy (non-hydrogen) atoms. The Hall–Kier alpha value is -1.17. The molecule has 0 bridgehead atoms. The van der Waals surface area contributed by atoms with Gasteiger partial charge in [0, 0.05) is 18.3 Å². The van der Waals surface area contributed by atoms with E-state index in [2.05, 4.69) is 9.97 Å². The average Bonchev–Trinajstić information content (AvgIpc) is 3.07. The first kappa shape index (κ1) is 13.3. The minimum Gasteiger partial charge on any atom is -0.330 e. The summed E-state index contributed by atoms with van der Waals surface area (Å²) in [6, 6.07) is 0. The number of aryl methyl sites for hydroxylation is 1. The van der Waals surface area contributed by atoms with Crippen LogP contribution in [0.15, 0.2) is 12.4 Å². The van der Waals surface area contributed by atoms with E-state index in [1.54, 1.807) is 19.3 Å². The molecule has 1 saturated carbocycles. The fourth-order valence-electron chi connectivity index (χ4n) is 2.18. The first-order valence-corrected chi connectivity index (χ1v) is 5.93. The Kier molecular flexibility index (Phi) is 3.31. The molecule has 1 aliphatic rings. The molecule has 100 valence electrons. The largest absolute Gasteiger partial charge is 0.394 e. The highest BCUT2D eigenvalue weighted by Gasteiger charge is 2.63. The van der Waals surface area contributed by atoms with Crippen LogP contribution in [0.5, 0.6) is 0 Å². The molecule has 0 radical (unpaired) electrons. The van der Waals surface area contributed by atoms with Gasteiger partial charge in [0.05, 0.1) is 5.41 Å². The molecule has 1 aliphatic carbocycles. The predicted octanol–water partition coefficient (Wildman–Crippen LogP) is 2.56. The number of hydrogen-bond donors (Lipinski definition) is 1. The Morgan fingerprint density at radius 2 is 1.89 bits per heavy atom. The van der Waals surface area contributed by atoms with Crippen molar-refractivity contribution in [2.24, 2.45) is 11.1 Å². The highest BCUT2D eigenvalue weighted by molar-refractivity contribution is 5.15. The highest BCUT2D eigenvalue weighted by atomic mass is 19.4. The zero-order valence-electron chi connectivity index (χ0n) is 10.2.